The summed E-state index contributed by atoms with van der Waals surface area (Å²) in [6, 6.07) is 5.86. The molecule has 20 heavy (non-hydrogen) atoms. The molecule has 1 aromatic carbocycles. The van der Waals surface area contributed by atoms with Crippen molar-refractivity contribution in [2.45, 2.75) is 32.6 Å². The molecule has 106 valence electrons. The molecule has 1 amide bonds. The number of carbonyl (C=O) groups excluding carboxylic acids is 1. The first-order chi connectivity index (χ1) is 9.58. The minimum atomic E-state index is -0.565. The van der Waals surface area contributed by atoms with Gasteiger partial charge in [0.1, 0.15) is 5.56 Å². The molecular formula is C14H17N3O3. The van der Waals surface area contributed by atoms with Gasteiger partial charge >= 0.3 is 0 Å². The van der Waals surface area contributed by atoms with Gasteiger partial charge in [-0.3, -0.25) is 14.9 Å². The number of nitro benzene ring substituents is 1. The molecule has 1 atom stereocenters. The fourth-order valence-corrected chi connectivity index (χ4v) is 2.38. The van der Waals surface area contributed by atoms with Gasteiger partial charge in [0.15, 0.2) is 0 Å². The largest absolute Gasteiger partial charge is 0.282 e. The molecule has 0 heterocycles. The number of hydrogen-bond donors (Lipinski definition) is 1. The number of hydrogen-bond acceptors (Lipinski definition) is 4. The maximum absolute atomic E-state index is 12.0. The minimum Gasteiger partial charge on any atom is -0.267 e. The first kappa shape index (κ1) is 14.2. The number of nitro groups is 1. The fourth-order valence-electron chi connectivity index (χ4n) is 2.38. The van der Waals surface area contributed by atoms with Gasteiger partial charge in [0, 0.05) is 11.8 Å². The third-order valence-electron chi connectivity index (χ3n) is 3.41. The minimum absolute atomic E-state index is 0.0331. The van der Waals surface area contributed by atoms with Crippen LogP contribution in [0.5, 0.6) is 0 Å². The highest BCUT2D eigenvalue weighted by Crippen LogP contribution is 2.21. The van der Waals surface area contributed by atoms with E-state index in [1.54, 1.807) is 6.07 Å². The Hall–Kier alpha value is -2.24. The maximum atomic E-state index is 12.0. The molecule has 6 nitrogen and oxygen atoms in total. The predicted molar refractivity (Wildman–Crippen MR) is 75.6 cm³/mol. The molecule has 1 aliphatic rings. The molecule has 0 bridgehead atoms. The van der Waals surface area contributed by atoms with E-state index in [1.807, 2.05) is 0 Å². The Bertz CT molecular complexity index is 554. The smallest absolute Gasteiger partial charge is 0.267 e. The number of carbonyl (C=O) groups is 1. The van der Waals surface area contributed by atoms with E-state index in [4.69, 9.17) is 0 Å². The molecule has 0 radical (unpaired) electrons. The van der Waals surface area contributed by atoms with Crippen molar-refractivity contribution in [1.82, 2.24) is 5.43 Å². The number of nitrogens with one attached hydrogen (secondary N) is 1. The monoisotopic (exact) mass is 275 g/mol. The van der Waals surface area contributed by atoms with Crippen LogP contribution in [0.2, 0.25) is 0 Å². The summed E-state index contributed by atoms with van der Waals surface area (Å²) >= 11 is 0. The van der Waals surface area contributed by atoms with Crippen LogP contribution in [-0.4, -0.2) is 16.5 Å². The van der Waals surface area contributed by atoms with Crippen LogP contribution in [0, 0.1) is 16.0 Å². The maximum Gasteiger partial charge on any atom is 0.282 e. The molecule has 1 fully saturated rings. The molecule has 2 rings (SSSR count). The van der Waals surface area contributed by atoms with Gasteiger partial charge in [0.05, 0.1) is 4.92 Å². The lowest BCUT2D eigenvalue weighted by Gasteiger charge is -2.18. The highest BCUT2D eigenvalue weighted by Gasteiger charge is 2.19. The average Bonchev–Trinajstić information content (AvgIpc) is 2.45. The third-order valence-corrected chi connectivity index (χ3v) is 3.41. The standard InChI is InChI=1S/C14H17N3O3/c1-10-5-4-6-11(9-10)15-16-14(18)12-7-2-3-8-13(12)17(19)20/h2-3,7-8,10H,4-6,9H2,1H3,(H,16,18)/b15-11+/t10-/m1/s1. The Labute approximate surface area is 117 Å². The van der Waals surface area contributed by atoms with Crippen LogP contribution in [0.15, 0.2) is 29.4 Å². The number of hydrazone groups is 1. The SMILES string of the molecule is C[C@@H]1CCC/C(=N\NC(=O)c2ccccc2[N+](=O)[O-])C1. The van der Waals surface area contributed by atoms with Gasteiger partial charge in [0.2, 0.25) is 0 Å². The van der Waals surface area contributed by atoms with Crippen LogP contribution in [-0.2, 0) is 0 Å². The average molecular weight is 275 g/mol. The van der Waals surface area contributed by atoms with Crippen LogP contribution >= 0.6 is 0 Å². The second-order valence-electron chi connectivity index (χ2n) is 5.09. The second kappa shape index (κ2) is 6.27. The summed E-state index contributed by atoms with van der Waals surface area (Å²) in [6.07, 6.45) is 4.00. The molecule has 1 N–H and O–H groups in total. The van der Waals surface area contributed by atoms with E-state index < -0.39 is 10.8 Å². The Morgan fingerprint density at radius 1 is 1.45 bits per heavy atom. The Balaban J connectivity index is 2.09. The summed E-state index contributed by atoms with van der Waals surface area (Å²) in [6.45, 7) is 2.15. The first-order valence-electron chi connectivity index (χ1n) is 6.67. The highest BCUT2D eigenvalue weighted by molar-refractivity contribution is 5.99. The normalized spacial score (nSPS) is 20.6. The van der Waals surface area contributed by atoms with Crippen molar-refractivity contribution in [2.24, 2.45) is 11.0 Å². The molecular weight excluding hydrogens is 258 g/mol. The van der Waals surface area contributed by atoms with E-state index in [-0.39, 0.29) is 11.3 Å². The number of nitrogens with zero attached hydrogens (tertiary/aromatic N) is 2. The van der Waals surface area contributed by atoms with Gasteiger partial charge in [-0.1, -0.05) is 19.1 Å². The predicted octanol–water partition coefficient (Wildman–Crippen LogP) is 2.89. The zero-order valence-corrected chi connectivity index (χ0v) is 11.3. The molecule has 1 aromatic rings. The van der Waals surface area contributed by atoms with Crippen molar-refractivity contribution in [2.75, 3.05) is 0 Å². The molecule has 0 aliphatic heterocycles. The summed E-state index contributed by atoms with van der Waals surface area (Å²) in [5.74, 6) is 0.0356. The van der Waals surface area contributed by atoms with Crippen molar-refractivity contribution in [3.63, 3.8) is 0 Å². The van der Waals surface area contributed by atoms with Crippen LogP contribution in [0.4, 0.5) is 5.69 Å². The first-order valence-corrected chi connectivity index (χ1v) is 6.67. The Morgan fingerprint density at radius 3 is 2.90 bits per heavy atom. The summed E-state index contributed by atoms with van der Waals surface area (Å²) in [5, 5.41) is 15.0. The highest BCUT2D eigenvalue weighted by atomic mass is 16.6. The van der Waals surface area contributed by atoms with Crippen LogP contribution in [0.3, 0.4) is 0 Å². The van der Waals surface area contributed by atoms with E-state index in [0.29, 0.717) is 5.92 Å². The van der Waals surface area contributed by atoms with Gasteiger partial charge in [-0.2, -0.15) is 5.10 Å². The number of para-hydroxylation sites is 1. The lowest BCUT2D eigenvalue weighted by molar-refractivity contribution is -0.385. The van der Waals surface area contributed by atoms with E-state index in [1.165, 1.54) is 24.6 Å². The Kier molecular flexibility index (Phi) is 4.45. The van der Waals surface area contributed by atoms with Gasteiger partial charge in [-0.15, -0.1) is 0 Å². The van der Waals surface area contributed by atoms with E-state index in [9.17, 15) is 14.9 Å². The van der Waals surface area contributed by atoms with Crippen LogP contribution < -0.4 is 5.43 Å². The van der Waals surface area contributed by atoms with E-state index >= 15 is 0 Å². The molecule has 0 spiro atoms. The van der Waals surface area contributed by atoms with Crippen molar-refractivity contribution >= 4 is 17.3 Å². The molecule has 1 aliphatic carbocycles. The summed E-state index contributed by atoms with van der Waals surface area (Å²) in [4.78, 5) is 22.3. The van der Waals surface area contributed by atoms with Crippen molar-refractivity contribution in [1.29, 1.82) is 0 Å². The van der Waals surface area contributed by atoms with Crippen molar-refractivity contribution < 1.29 is 9.72 Å². The third kappa shape index (κ3) is 3.40. The molecule has 1 saturated carbocycles. The van der Waals surface area contributed by atoms with E-state index in [2.05, 4.69) is 17.5 Å². The van der Waals surface area contributed by atoms with Crippen LogP contribution in [0.25, 0.3) is 0 Å². The molecule has 0 saturated heterocycles. The quantitative estimate of drug-likeness (QED) is 0.680. The van der Waals surface area contributed by atoms with Crippen molar-refractivity contribution in [3.05, 3.63) is 39.9 Å². The Morgan fingerprint density at radius 2 is 2.20 bits per heavy atom. The molecule has 0 aromatic heterocycles. The number of rotatable bonds is 3. The summed E-state index contributed by atoms with van der Waals surface area (Å²) < 4.78 is 0. The molecule has 6 heteroatoms. The van der Waals surface area contributed by atoms with Gasteiger partial charge in [-0.25, -0.2) is 5.43 Å². The zero-order chi connectivity index (χ0) is 14.5. The van der Waals surface area contributed by atoms with E-state index in [0.717, 1.165) is 25.0 Å². The van der Waals surface area contributed by atoms with Gasteiger partial charge < -0.3 is 0 Å². The topological polar surface area (TPSA) is 84.6 Å². The number of benzene rings is 1. The lowest BCUT2D eigenvalue weighted by Crippen LogP contribution is -2.23. The van der Waals surface area contributed by atoms with Gasteiger partial charge in [0.25, 0.3) is 11.6 Å². The zero-order valence-electron chi connectivity index (χ0n) is 11.3. The lowest BCUT2D eigenvalue weighted by atomic mass is 9.89. The van der Waals surface area contributed by atoms with Gasteiger partial charge in [-0.05, 0) is 37.7 Å². The summed E-state index contributed by atoms with van der Waals surface area (Å²) in [5.41, 5.74) is 3.21. The second-order valence-corrected chi connectivity index (χ2v) is 5.09. The molecule has 0 unspecified atom stereocenters. The fraction of sp³-hybridized carbons (Fsp3) is 0.429. The van der Waals surface area contributed by atoms with Crippen LogP contribution in [0.1, 0.15) is 43.0 Å². The van der Waals surface area contributed by atoms with Crippen molar-refractivity contribution in [3.8, 4) is 0 Å². The number of amides is 1. The summed E-state index contributed by atoms with van der Waals surface area (Å²) in [7, 11) is 0.